The summed E-state index contributed by atoms with van der Waals surface area (Å²) in [7, 11) is 3.22. The normalized spacial score (nSPS) is 20.1. The molecular weight excluding hydrogens is 384 g/mol. The van der Waals surface area contributed by atoms with Crippen LogP contribution < -0.4 is 9.47 Å². The first kappa shape index (κ1) is 19.6. The number of amides is 1. The highest BCUT2D eigenvalue weighted by Crippen LogP contribution is 2.40. The van der Waals surface area contributed by atoms with Gasteiger partial charge in [0.25, 0.3) is 5.91 Å². The third kappa shape index (κ3) is 4.03. The van der Waals surface area contributed by atoms with Gasteiger partial charge in [0.15, 0.2) is 16.7 Å². The molecule has 1 heterocycles. The number of hydrogen-bond acceptors (Lipinski definition) is 5. The number of carbonyl (C=O) groups excluding carboxylic acids is 1. The van der Waals surface area contributed by atoms with E-state index in [0.29, 0.717) is 16.4 Å². The quantitative estimate of drug-likeness (QED) is 0.634. The van der Waals surface area contributed by atoms with Crippen molar-refractivity contribution in [3.8, 4) is 11.5 Å². The van der Waals surface area contributed by atoms with Gasteiger partial charge in [0.2, 0.25) is 0 Å². The van der Waals surface area contributed by atoms with E-state index in [2.05, 4.69) is 0 Å². The molecule has 0 atom stereocenters. The summed E-state index contributed by atoms with van der Waals surface area (Å²) in [6, 6.07) is 15.7. The SMILES string of the molecule is COc1cccc(/C=C2/SC(=Nc3ccccc3)N(C3CCCC3)C2=O)c1OC. The lowest BCUT2D eigenvalue weighted by Gasteiger charge is -2.22. The third-order valence-electron chi connectivity index (χ3n) is 5.23. The zero-order valence-electron chi connectivity index (χ0n) is 16.6. The van der Waals surface area contributed by atoms with Crippen LogP contribution >= 0.6 is 11.8 Å². The van der Waals surface area contributed by atoms with Crippen LogP contribution in [-0.4, -0.2) is 36.2 Å². The van der Waals surface area contributed by atoms with Gasteiger partial charge in [-0.1, -0.05) is 43.2 Å². The van der Waals surface area contributed by atoms with E-state index in [9.17, 15) is 4.79 Å². The lowest BCUT2D eigenvalue weighted by atomic mass is 10.1. The van der Waals surface area contributed by atoms with E-state index in [1.54, 1.807) is 14.2 Å². The molecule has 1 aliphatic carbocycles. The zero-order chi connectivity index (χ0) is 20.2. The fraction of sp³-hybridized carbons (Fsp3) is 0.304. The Morgan fingerprint density at radius 2 is 1.79 bits per heavy atom. The number of benzene rings is 2. The van der Waals surface area contributed by atoms with Crippen LogP contribution in [0.4, 0.5) is 5.69 Å². The lowest BCUT2D eigenvalue weighted by molar-refractivity contribution is -0.123. The second-order valence-corrected chi connectivity index (χ2v) is 8.05. The second-order valence-electron chi connectivity index (χ2n) is 7.04. The molecule has 0 radical (unpaired) electrons. The maximum Gasteiger partial charge on any atom is 0.267 e. The van der Waals surface area contributed by atoms with Gasteiger partial charge in [-0.05, 0) is 48.9 Å². The van der Waals surface area contributed by atoms with Crippen LogP contribution in [0.25, 0.3) is 6.08 Å². The summed E-state index contributed by atoms with van der Waals surface area (Å²) >= 11 is 1.43. The van der Waals surface area contributed by atoms with Gasteiger partial charge < -0.3 is 9.47 Å². The molecule has 5 nitrogen and oxygen atoms in total. The van der Waals surface area contributed by atoms with E-state index >= 15 is 0 Å². The van der Waals surface area contributed by atoms with Gasteiger partial charge in [-0.3, -0.25) is 9.69 Å². The van der Waals surface area contributed by atoms with Crippen LogP contribution in [0.1, 0.15) is 31.2 Å². The highest BCUT2D eigenvalue weighted by molar-refractivity contribution is 8.18. The minimum absolute atomic E-state index is 0.0152. The van der Waals surface area contributed by atoms with Crippen molar-refractivity contribution in [2.45, 2.75) is 31.7 Å². The Bertz CT molecular complexity index is 950. The molecule has 0 bridgehead atoms. The van der Waals surface area contributed by atoms with Crippen molar-refractivity contribution in [1.29, 1.82) is 0 Å². The number of nitrogens with zero attached hydrogens (tertiary/aromatic N) is 2. The molecule has 1 aliphatic heterocycles. The fourth-order valence-corrected chi connectivity index (χ4v) is 4.88. The molecule has 2 aromatic rings. The third-order valence-corrected chi connectivity index (χ3v) is 6.21. The molecule has 29 heavy (non-hydrogen) atoms. The average molecular weight is 409 g/mol. The van der Waals surface area contributed by atoms with E-state index in [1.807, 2.05) is 59.5 Å². The topological polar surface area (TPSA) is 51.1 Å². The Morgan fingerprint density at radius 1 is 1.03 bits per heavy atom. The van der Waals surface area contributed by atoms with E-state index in [-0.39, 0.29) is 11.9 Å². The van der Waals surface area contributed by atoms with Gasteiger partial charge in [0, 0.05) is 11.6 Å². The molecule has 0 unspecified atom stereocenters. The van der Waals surface area contributed by atoms with Crippen molar-refractivity contribution in [2.75, 3.05) is 14.2 Å². The first-order chi connectivity index (χ1) is 14.2. The maximum atomic E-state index is 13.3. The molecule has 1 amide bonds. The molecule has 2 aliphatic rings. The van der Waals surface area contributed by atoms with Crippen molar-refractivity contribution in [2.24, 2.45) is 4.99 Å². The summed E-state index contributed by atoms with van der Waals surface area (Å²) in [4.78, 5) is 20.7. The molecular formula is C23H24N2O3S. The van der Waals surface area contributed by atoms with E-state index < -0.39 is 0 Å². The molecule has 0 aromatic heterocycles. The molecule has 1 saturated heterocycles. The first-order valence-corrected chi connectivity index (χ1v) is 10.6. The predicted molar refractivity (Wildman–Crippen MR) is 118 cm³/mol. The Kier molecular flexibility index (Phi) is 5.90. The number of para-hydroxylation sites is 2. The Hall–Kier alpha value is -2.73. The molecule has 6 heteroatoms. The van der Waals surface area contributed by atoms with Crippen LogP contribution in [0.15, 0.2) is 58.4 Å². The lowest BCUT2D eigenvalue weighted by Crippen LogP contribution is -2.37. The minimum atomic E-state index is 0.0152. The Labute approximate surface area is 175 Å². The summed E-state index contributed by atoms with van der Waals surface area (Å²) in [5.74, 6) is 1.28. The number of ether oxygens (including phenoxy) is 2. The minimum Gasteiger partial charge on any atom is -0.493 e. The second kappa shape index (κ2) is 8.74. The van der Waals surface area contributed by atoms with Crippen molar-refractivity contribution in [3.05, 3.63) is 59.0 Å². The summed E-state index contributed by atoms with van der Waals surface area (Å²) in [6.45, 7) is 0. The Balaban J connectivity index is 1.73. The molecule has 0 spiro atoms. The van der Waals surface area contributed by atoms with Gasteiger partial charge in [0.1, 0.15) is 0 Å². The van der Waals surface area contributed by atoms with Gasteiger partial charge in [0.05, 0.1) is 24.8 Å². The number of amidine groups is 1. The summed E-state index contributed by atoms with van der Waals surface area (Å²) in [5, 5.41) is 0.751. The van der Waals surface area contributed by atoms with Gasteiger partial charge >= 0.3 is 0 Å². The smallest absolute Gasteiger partial charge is 0.267 e. The number of hydrogen-bond donors (Lipinski definition) is 0. The first-order valence-electron chi connectivity index (χ1n) is 9.79. The van der Waals surface area contributed by atoms with Crippen LogP contribution in [0.5, 0.6) is 11.5 Å². The van der Waals surface area contributed by atoms with Crippen LogP contribution in [0, 0.1) is 0 Å². The van der Waals surface area contributed by atoms with Crippen molar-refractivity contribution in [1.82, 2.24) is 4.90 Å². The van der Waals surface area contributed by atoms with E-state index in [4.69, 9.17) is 14.5 Å². The van der Waals surface area contributed by atoms with Gasteiger partial charge in [-0.2, -0.15) is 0 Å². The molecule has 1 saturated carbocycles. The molecule has 2 aromatic carbocycles. The largest absolute Gasteiger partial charge is 0.493 e. The summed E-state index contributed by atoms with van der Waals surface area (Å²) in [6.07, 6.45) is 6.23. The highest BCUT2D eigenvalue weighted by atomic mass is 32.2. The van der Waals surface area contributed by atoms with E-state index in [1.165, 1.54) is 11.8 Å². The van der Waals surface area contributed by atoms with Crippen LogP contribution in [0.3, 0.4) is 0 Å². The van der Waals surface area contributed by atoms with Crippen LogP contribution in [-0.2, 0) is 4.79 Å². The zero-order valence-corrected chi connectivity index (χ0v) is 17.4. The van der Waals surface area contributed by atoms with Gasteiger partial charge in [-0.15, -0.1) is 0 Å². The Morgan fingerprint density at radius 3 is 2.48 bits per heavy atom. The number of carbonyl (C=O) groups is 1. The predicted octanol–water partition coefficient (Wildman–Crippen LogP) is 5.25. The van der Waals surface area contributed by atoms with Gasteiger partial charge in [-0.25, -0.2) is 4.99 Å². The van der Waals surface area contributed by atoms with Crippen molar-refractivity contribution >= 4 is 34.6 Å². The highest BCUT2D eigenvalue weighted by Gasteiger charge is 2.39. The number of thioether (sulfide) groups is 1. The van der Waals surface area contributed by atoms with Crippen molar-refractivity contribution in [3.63, 3.8) is 0 Å². The standard InChI is InChI=1S/C23H24N2O3S/c1-27-19-14-8-9-16(21(19)28-2)15-20-22(26)25(18-12-6-7-13-18)23(29-20)24-17-10-4-3-5-11-17/h3-5,8-11,14-15,18H,6-7,12-13H2,1-2H3/b20-15+,24-23?. The maximum absolute atomic E-state index is 13.3. The molecule has 2 fully saturated rings. The number of methoxy groups -OCH3 is 2. The van der Waals surface area contributed by atoms with Crippen molar-refractivity contribution < 1.29 is 14.3 Å². The molecule has 150 valence electrons. The monoisotopic (exact) mass is 408 g/mol. The molecule has 0 N–H and O–H groups in total. The molecule has 4 rings (SSSR count). The average Bonchev–Trinajstić information content (AvgIpc) is 3.37. The number of aliphatic imine (C=N–C) groups is 1. The van der Waals surface area contributed by atoms with E-state index in [0.717, 1.165) is 42.1 Å². The summed E-state index contributed by atoms with van der Waals surface area (Å²) < 4.78 is 10.9. The summed E-state index contributed by atoms with van der Waals surface area (Å²) in [5.41, 5.74) is 1.67. The van der Waals surface area contributed by atoms with Crippen LogP contribution in [0.2, 0.25) is 0 Å². The fourth-order valence-electron chi connectivity index (χ4n) is 3.83. The number of rotatable bonds is 5.